The highest BCUT2D eigenvalue weighted by Gasteiger charge is 2.47. The smallest absolute Gasteiger partial charge is 0.228 e. The van der Waals surface area contributed by atoms with Crippen LogP contribution in [0, 0.1) is 5.92 Å². The highest BCUT2D eigenvalue weighted by molar-refractivity contribution is 5.90. The topological polar surface area (TPSA) is 87.1 Å². The van der Waals surface area contributed by atoms with Crippen LogP contribution in [0.15, 0.2) is 24.7 Å². The number of H-pyrrole nitrogens is 1. The second kappa shape index (κ2) is 7.77. The van der Waals surface area contributed by atoms with Crippen molar-refractivity contribution in [1.82, 2.24) is 29.5 Å². The third-order valence-electron chi connectivity index (χ3n) is 6.21. The van der Waals surface area contributed by atoms with Crippen LogP contribution in [-0.2, 0) is 16.1 Å². The van der Waals surface area contributed by atoms with Crippen molar-refractivity contribution in [3.63, 3.8) is 0 Å². The molecule has 2 atom stereocenters. The number of amides is 2. The second-order valence-electron chi connectivity index (χ2n) is 7.62. The van der Waals surface area contributed by atoms with Gasteiger partial charge in [0.1, 0.15) is 11.9 Å². The van der Waals surface area contributed by atoms with E-state index in [-0.39, 0.29) is 30.2 Å². The summed E-state index contributed by atoms with van der Waals surface area (Å²) < 4.78 is 2.04. The summed E-state index contributed by atoms with van der Waals surface area (Å²) in [5.41, 5.74) is 1.14. The minimum Gasteiger partial charge on any atom is -0.342 e. The van der Waals surface area contributed by atoms with Gasteiger partial charge in [-0.25, -0.2) is 4.98 Å². The van der Waals surface area contributed by atoms with Crippen LogP contribution in [0.2, 0.25) is 0 Å². The van der Waals surface area contributed by atoms with Crippen molar-refractivity contribution >= 4 is 11.8 Å². The van der Waals surface area contributed by atoms with E-state index in [4.69, 9.17) is 0 Å². The predicted molar refractivity (Wildman–Crippen MR) is 103 cm³/mol. The fourth-order valence-corrected chi connectivity index (χ4v) is 4.70. The highest BCUT2D eigenvalue weighted by atomic mass is 16.2. The number of hydrogen-bond donors (Lipinski definition) is 1. The predicted octanol–water partition coefficient (Wildman–Crippen LogP) is 1.94. The molecule has 4 rings (SSSR count). The summed E-state index contributed by atoms with van der Waals surface area (Å²) in [6, 6.07) is 1.74. The van der Waals surface area contributed by atoms with Gasteiger partial charge in [-0.05, 0) is 32.8 Å². The molecule has 1 N–H and O–H groups in total. The lowest BCUT2D eigenvalue weighted by molar-refractivity contribution is -0.137. The number of aryl methyl sites for hydroxylation is 1. The van der Waals surface area contributed by atoms with Gasteiger partial charge in [0.2, 0.25) is 11.8 Å². The normalized spacial score (nSPS) is 23.6. The highest BCUT2D eigenvalue weighted by Crippen LogP contribution is 2.39. The van der Waals surface area contributed by atoms with E-state index in [9.17, 15) is 9.59 Å². The molecule has 0 radical (unpaired) electrons. The molecular weight excluding hydrogens is 356 g/mol. The number of piperidine rings is 1. The molecule has 8 heteroatoms. The molecule has 4 heterocycles. The number of carbonyl (C=O) groups is 2. The third kappa shape index (κ3) is 3.21. The van der Waals surface area contributed by atoms with Gasteiger partial charge in [-0.15, -0.1) is 0 Å². The Kier molecular flexibility index (Phi) is 5.19. The number of aromatic nitrogens is 4. The molecule has 0 spiro atoms. The van der Waals surface area contributed by atoms with Gasteiger partial charge < -0.3 is 14.4 Å². The first-order chi connectivity index (χ1) is 13.6. The molecule has 8 nitrogen and oxygen atoms in total. The molecule has 2 saturated heterocycles. The van der Waals surface area contributed by atoms with Gasteiger partial charge in [0.15, 0.2) is 0 Å². The van der Waals surface area contributed by atoms with E-state index in [1.165, 1.54) is 0 Å². The summed E-state index contributed by atoms with van der Waals surface area (Å²) in [5, 5.41) is 7.09. The fourth-order valence-electron chi connectivity index (χ4n) is 4.70. The molecule has 150 valence electrons. The lowest BCUT2D eigenvalue weighted by Gasteiger charge is -2.35. The maximum absolute atomic E-state index is 13.4. The molecule has 2 aromatic heterocycles. The van der Waals surface area contributed by atoms with Gasteiger partial charge in [-0.3, -0.25) is 14.7 Å². The quantitative estimate of drug-likeness (QED) is 0.853. The van der Waals surface area contributed by atoms with Gasteiger partial charge in [0, 0.05) is 62.8 Å². The molecule has 2 aromatic rings. The Morgan fingerprint density at radius 2 is 2.00 bits per heavy atom. The molecule has 2 fully saturated rings. The Balaban J connectivity index is 1.52. The SMILES string of the molecule is CCN1C(=O)C[C@H](C(=O)N2CCC(c3ccn[nH]3)CC2)[C@H]1c1nccn1CC. The summed E-state index contributed by atoms with van der Waals surface area (Å²) >= 11 is 0. The van der Waals surface area contributed by atoms with E-state index < -0.39 is 0 Å². The summed E-state index contributed by atoms with van der Waals surface area (Å²) in [4.78, 5) is 34.3. The van der Waals surface area contributed by atoms with Crippen LogP contribution in [0.4, 0.5) is 0 Å². The Hall–Kier alpha value is -2.64. The molecule has 0 saturated carbocycles. The van der Waals surface area contributed by atoms with E-state index >= 15 is 0 Å². The van der Waals surface area contributed by atoms with Gasteiger partial charge in [-0.2, -0.15) is 5.10 Å². The number of likely N-dealkylation sites (tertiary alicyclic amines) is 2. The zero-order valence-electron chi connectivity index (χ0n) is 16.5. The number of imidazole rings is 1. The average molecular weight is 384 g/mol. The van der Waals surface area contributed by atoms with E-state index in [1.54, 1.807) is 12.4 Å². The van der Waals surface area contributed by atoms with Crippen molar-refractivity contribution in [3.8, 4) is 0 Å². The van der Waals surface area contributed by atoms with Gasteiger partial charge >= 0.3 is 0 Å². The summed E-state index contributed by atoms with van der Waals surface area (Å²) in [6.45, 7) is 6.81. The largest absolute Gasteiger partial charge is 0.342 e. The zero-order chi connectivity index (χ0) is 19.7. The Labute approximate surface area is 164 Å². The summed E-state index contributed by atoms with van der Waals surface area (Å²) in [7, 11) is 0. The maximum Gasteiger partial charge on any atom is 0.228 e. The van der Waals surface area contributed by atoms with Gasteiger partial charge in [-0.1, -0.05) is 0 Å². The van der Waals surface area contributed by atoms with Crippen molar-refractivity contribution in [2.75, 3.05) is 19.6 Å². The molecule has 2 aliphatic heterocycles. The number of rotatable bonds is 5. The van der Waals surface area contributed by atoms with Gasteiger partial charge in [0.05, 0.1) is 5.92 Å². The Morgan fingerprint density at radius 3 is 2.64 bits per heavy atom. The van der Waals surface area contributed by atoms with Crippen LogP contribution in [0.1, 0.15) is 56.6 Å². The number of nitrogens with zero attached hydrogens (tertiary/aromatic N) is 5. The van der Waals surface area contributed by atoms with Crippen LogP contribution in [-0.4, -0.2) is 61.0 Å². The molecule has 0 aromatic carbocycles. The van der Waals surface area contributed by atoms with Crippen molar-refractivity contribution < 1.29 is 9.59 Å². The molecule has 28 heavy (non-hydrogen) atoms. The first-order valence-electron chi connectivity index (χ1n) is 10.2. The summed E-state index contributed by atoms with van der Waals surface area (Å²) in [5.74, 6) is 1.01. The molecule has 2 aliphatic rings. The van der Waals surface area contributed by atoms with Crippen molar-refractivity contribution in [2.45, 2.75) is 51.6 Å². The van der Waals surface area contributed by atoms with Crippen LogP contribution < -0.4 is 0 Å². The molecular formula is C20H28N6O2. The van der Waals surface area contributed by atoms with E-state index in [2.05, 4.69) is 22.1 Å². The lowest BCUT2D eigenvalue weighted by atomic mass is 9.91. The number of hydrogen-bond acceptors (Lipinski definition) is 4. The molecule has 0 bridgehead atoms. The maximum atomic E-state index is 13.4. The van der Waals surface area contributed by atoms with Crippen molar-refractivity contribution in [1.29, 1.82) is 0 Å². The minimum absolute atomic E-state index is 0.0452. The number of carbonyl (C=O) groups excluding carboxylic acids is 2. The number of nitrogens with one attached hydrogen (secondary N) is 1. The molecule has 0 unspecified atom stereocenters. The number of aromatic amines is 1. The monoisotopic (exact) mass is 384 g/mol. The van der Waals surface area contributed by atoms with E-state index in [0.717, 1.165) is 30.9 Å². The standard InChI is InChI=1S/C20H28N6O2/c1-3-24-12-9-21-19(24)18-15(13-17(27)26(18)4-2)20(28)25-10-6-14(7-11-25)16-5-8-22-23-16/h5,8-9,12,14-15,18H,3-4,6-7,10-11,13H2,1-2H3,(H,22,23)/t15-,18-/m0/s1. The first-order valence-corrected chi connectivity index (χ1v) is 10.2. The van der Waals surface area contributed by atoms with E-state index in [0.29, 0.717) is 25.6 Å². The lowest BCUT2D eigenvalue weighted by Crippen LogP contribution is -2.43. The summed E-state index contributed by atoms with van der Waals surface area (Å²) in [6.07, 6.45) is 7.56. The minimum atomic E-state index is -0.358. The van der Waals surface area contributed by atoms with Gasteiger partial charge in [0.25, 0.3) is 0 Å². The molecule has 2 amide bonds. The fraction of sp³-hybridized carbons (Fsp3) is 0.600. The average Bonchev–Trinajstić information content (AvgIpc) is 3.46. The Bertz CT molecular complexity index is 822. The zero-order valence-corrected chi connectivity index (χ0v) is 16.5. The molecule has 0 aliphatic carbocycles. The second-order valence-corrected chi connectivity index (χ2v) is 7.62. The van der Waals surface area contributed by atoms with Crippen molar-refractivity contribution in [2.24, 2.45) is 5.92 Å². The van der Waals surface area contributed by atoms with Crippen molar-refractivity contribution in [3.05, 3.63) is 36.2 Å². The first kappa shape index (κ1) is 18.7. The third-order valence-corrected chi connectivity index (χ3v) is 6.21. The van der Waals surface area contributed by atoms with Crippen LogP contribution in [0.5, 0.6) is 0 Å². The van der Waals surface area contributed by atoms with Crippen LogP contribution in [0.3, 0.4) is 0 Å². The van der Waals surface area contributed by atoms with E-state index in [1.807, 2.05) is 33.6 Å². The Morgan fingerprint density at radius 1 is 1.21 bits per heavy atom. The van der Waals surface area contributed by atoms with Crippen LogP contribution in [0.25, 0.3) is 0 Å². The van der Waals surface area contributed by atoms with Crippen LogP contribution >= 0.6 is 0 Å².